The van der Waals surface area contributed by atoms with Crippen LogP contribution in [0.25, 0.3) is 0 Å². The number of hydrogen-bond donors (Lipinski definition) is 2. The molecule has 1 aliphatic carbocycles. The smallest absolute Gasteiger partial charge is 0.0615 e. The highest BCUT2D eigenvalue weighted by Gasteiger charge is 2.38. The van der Waals surface area contributed by atoms with Gasteiger partial charge in [-0.25, -0.2) is 0 Å². The molecule has 3 N–H and O–H groups in total. The van der Waals surface area contributed by atoms with Crippen LogP contribution in [-0.4, -0.2) is 55.5 Å². The number of ether oxygens (including phenoxy) is 1. The topological polar surface area (TPSA) is 58.7 Å². The summed E-state index contributed by atoms with van der Waals surface area (Å²) in [4.78, 5) is 2.31. The first-order valence-corrected chi connectivity index (χ1v) is 6.62. The summed E-state index contributed by atoms with van der Waals surface area (Å²) >= 11 is 0. The molecule has 4 heteroatoms. The Kier molecular flexibility index (Phi) is 5.86. The molecule has 1 saturated carbocycles. The molecular weight excluding hydrogens is 216 g/mol. The summed E-state index contributed by atoms with van der Waals surface area (Å²) in [6, 6.07) is 0.433. The fraction of sp³-hybridized carbons (Fsp3) is 1.00. The number of methoxy groups -OCH3 is 1. The quantitative estimate of drug-likeness (QED) is 0.696. The van der Waals surface area contributed by atoms with Crippen molar-refractivity contribution in [3.05, 3.63) is 0 Å². The van der Waals surface area contributed by atoms with Gasteiger partial charge in [0.05, 0.1) is 13.2 Å². The van der Waals surface area contributed by atoms with E-state index < -0.39 is 0 Å². The monoisotopic (exact) mass is 244 g/mol. The minimum atomic E-state index is -0.328. The average molecular weight is 244 g/mol. The third-order valence-corrected chi connectivity index (χ3v) is 4.29. The van der Waals surface area contributed by atoms with Crippen molar-refractivity contribution >= 4 is 0 Å². The van der Waals surface area contributed by atoms with Crippen molar-refractivity contribution in [1.82, 2.24) is 4.90 Å². The number of likely N-dealkylation sites (N-methyl/N-ethyl adjacent to an activating group) is 1. The summed E-state index contributed by atoms with van der Waals surface area (Å²) < 4.78 is 5.15. The van der Waals surface area contributed by atoms with Crippen molar-refractivity contribution in [3.8, 4) is 0 Å². The third-order valence-electron chi connectivity index (χ3n) is 4.29. The van der Waals surface area contributed by atoms with Gasteiger partial charge in [0.15, 0.2) is 0 Å². The van der Waals surface area contributed by atoms with E-state index in [1.54, 1.807) is 7.11 Å². The van der Waals surface area contributed by atoms with E-state index >= 15 is 0 Å². The third kappa shape index (κ3) is 3.91. The maximum atomic E-state index is 9.40. The maximum Gasteiger partial charge on any atom is 0.0615 e. The van der Waals surface area contributed by atoms with Crippen molar-refractivity contribution in [1.29, 1.82) is 0 Å². The van der Waals surface area contributed by atoms with Gasteiger partial charge in [0.2, 0.25) is 0 Å². The first kappa shape index (κ1) is 14.9. The highest BCUT2D eigenvalue weighted by atomic mass is 16.5. The van der Waals surface area contributed by atoms with Gasteiger partial charge >= 0.3 is 0 Å². The zero-order valence-corrected chi connectivity index (χ0v) is 11.5. The molecule has 0 heterocycles. The van der Waals surface area contributed by atoms with E-state index in [-0.39, 0.29) is 12.1 Å². The van der Waals surface area contributed by atoms with Gasteiger partial charge in [-0.15, -0.1) is 0 Å². The summed E-state index contributed by atoms with van der Waals surface area (Å²) in [6.45, 7) is 4.07. The van der Waals surface area contributed by atoms with Crippen LogP contribution < -0.4 is 5.73 Å². The Bertz CT molecular complexity index is 225. The largest absolute Gasteiger partial charge is 0.394 e. The van der Waals surface area contributed by atoms with Crippen LogP contribution >= 0.6 is 0 Å². The molecule has 3 unspecified atom stereocenters. The molecule has 0 aliphatic heterocycles. The molecular formula is C13H28N2O2. The molecule has 0 spiro atoms. The molecule has 0 aromatic carbocycles. The van der Waals surface area contributed by atoms with E-state index in [1.165, 1.54) is 0 Å². The summed E-state index contributed by atoms with van der Waals surface area (Å²) in [5, 5.41) is 9.40. The highest BCUT2D eigenvalue weighted by Crippen LogP contribution is 2.35. The first-order valence-electron chi connectivity index (χ1n) is 6.62. The summed E-state index contributed by atoms with van der Waals surface area (Å²) in [6.07, 6.45) is 4.34. The zero-order chi connectivity index (χ0) is 12.9. The van der Waals surface area contributed by atoms with Gasteiger partial charge in [-0.1, -0.05) is 6.42 Å². The van der Waals surface area contributed by atoms with E-state index in [4.69, 9.17) is 10.5 Å². The number of aliphatic hydroxyl groups is 1. The predicted octanol–water partition coefficient (Wildman–Crippen LogP) is 0.833. The summed E-state index contributed by atoms with van der Waals surface area (Å²) in [5.41, 5.74) is 5.90. The van der Waals surface area contributed by atoms with Crippen molar-refractivity contribution < 1.29 is 9.84 Å². The average Bonchev–Trinajstić information content (AvgIpc) is 2.68. The first-order chi connectivity index (χ1) is 8.03. The van der Waals surface area contributed by atoms with Crippen LogP contribution in [0.2, 0.25) is 0 Å². The molecule has 17 heavy (non-hydrogen) atoms. The Morgan fingerprint density at radius 2 is 2.29 bits per heavy atom. The fourth-order valence-corrected chi connectivity index (χ4v) is 2.76. The van der Waals surface area contributed by atoms with E-state index in [9.17, 15) is 5.11 Å². The lowest BCUT2D eigenvalue weighted by Gasteiger charge is -2.32. The van der Waals surface area contributed by atoms with Crippen molar-refractivity contribution in [2.45, 2.75) is 44.2 Å². The highest BCUT2D eigenvalue weighted by molar-refractivity contribution is 4.96. The summed E-state index contributed by atoms with van der Waals surface area (Å²) in [5.74, 6) is 0.463. The van der Waals surface area contributed by atoms with Gasteiger partial charge in [0.1, 0.15) is 0 Å². The number of aliphatic hydroxyl groups excluding tert-OH is 1. The minimum absolute atomic E-state index is 0.120. The van der Waals surface area contributed by atoms with Crippen molar-refractivity contribution in [2.75, 3.05) is 33.9 Å². The van der Waals surface area contributed by atoms with Gasteiger partial charge < -0.3 is 20.5 Å². The Labute approximate surface area is 105 Å². The Morgan fingerprint density at radius 3 is 2.88 bits per heavy atom. The van der Waals surface area contributed by atoms with Gasteiger partial charge in [0, 0.05) is 18.7 Å². The zero-order valence-electron chi connectivity index (χ0n) is 11.5. The molecule has 3 atom stereocenters. The molecule has 0 aromatic heterocycles. The summed E-state index contributed by atoms with van der Waals surface area (Å²) in [7, 11) is 3.85. The van der Waals surface area contributed by atoms with E-state index in [0.717, 1.165) is 38.8 Å². The second-order valence-electron chi connectivity index (χ2n) is 5.55. The second-order valence-corrected chi connectivity index (χ2v) is 5.55. The lowest BCUT2D eigenvalue weighted by atomic mass is 9.86. The molecule has 0 saturated heterocycles. The van der Waals surface area contributed by atoms with E-state index in [0.29, 0.717) is 12.0 Å². The fourth-order valence-electron chi connectivity index (χ4n) is 2.76. The van der Waals surface area contributed by atoms with Gasteiger partial charge in [-0.3, -0.25) is 0 Å². The molecule has 0 bridgehead atoms. The maximum absolute atomic E-state index is 9.40. The van der Waals surface area contributed by atoms with Crippen LogP contribution in [0.3, 0.4) is 0 Å². The van der Waals surface area contributed by atoms with Crippen LogP contribution in [0.15, 0.2) is 0 Å². The van der Waals surface area contributed by atoms with Gasteiger partial charge in [0.25, 0.3) is 0 Å². The minimum Gasteiger partial charge on any atom is -0.394 e. The van der Waals surface area contributed by atoms with Gasteiger partial charge in [-0.2, -0.15) is 0 Å². The van der Waals surface area contributed by atoms with Crippen LogP contribution in [0, 0.1) is 5.92 Å². The van der Waals surface area contributed by atoms with Crippen LogP contribution in [-0.2, 0) is 4.74 Å². The molecule has 102 valence electrons. The Balaban J connectivity index is 2.35. The molecule has 1 rings (SSSR count). The number of rotatable bonds is 7. The molecule has 1 fully saturated rings. The standard InChI is InChI=1S/C13H28N2O2/c1-11(9-17-3)15(2)8-6-12-5-4-7-13(12,14)10-16/h11-12,16H,4-10,14H2,1-3H3. The van der Waals surface area contributed by atoms with E-state index in [1.807, 2.05) is 0 Å². The molecule has 1 aliphatic rings. The Morgan fingerprint density at radius 1 is 1.59 bits per heavy atom. The molecule has 4 nitrogen and oxygen atoms in total. The van der Waals surface area contributed by atoms with Crippen molar-refractivity contribution in [3.63, 3.8) is 0 Å². The molecule has 0 amide bonds. The Hall–Kier alpha value is -0.160. The predicted molar refractivity (Wildman–Crippen MR) is 69.9 cm³/mol. The SMILES string of the molecule is COCC(C)N(C)CCC1CCCC1(N)CO. The lowest BCUT2D eigenvalue weighted by molar-refractivity contribution is 0.102. The molecule has 0 aromatic rings. The second kappa shape index (κ2) is 6.69. The van der Waals surface area contributed by atoms with Crippen LogP contribution in [0.5, 0.6) is 0 Å². The van der Waals surface area contributed by atoms with Crippen LogP contribution in [0.4, 0.5) is 0 Å². The number of nitrogens with zero attached hydrogens (tertiary/aromatic N) is 1. The number of nitrogens with two attached hydrogens (primary N) is 1. The van der Waals surface area contributed by atoms with E-state index in [2.05, 4.69) is 18.9 Å². The number of hydrogen-bond acceptors (Lipinski definition) is 4. The van der Waals surface area contributed by atoms with Gasteiger partial charge in [-0.05, 0) is 45.7 Å². The lowest BCUT2D eigenvalue weighted by Crippen LogP contribution is -2.48. The normalized spacial score (nSPS) is 31.1. The van der Waals surface area contributed by atoms with Crippen molar-refractivity contribution in [2.24, 2.45) is 11.7 Å². The van der Waals surface area contributed by atoms with Crippen LogP contribution in [0.1, 0.15) is 32.6 Å². The molecule has 0 radical (unpaired) electrons.